The van der Waals surface area contributed by atoms with E-state index in [1.54, 1.807) is 0 Å². The van der Waals surface area contributed by atoms with Crippen LogP contribution in [0.5, 0.6) is 0 Å². The third-order valence-corrected chi connectivity index (χ3v) is 5.14. The van der Waals surface area contributed by atoms with Crippen molar-refractivity contribution in [1.29, 1.82) is 0 Å². The topological polar surface area (TPSA) is 43.8 Å². The highest BCUT2D eigenvalue weighted by molar-refractivity contribution is 5.77. The minimum atomic E-state index is -0.380. The maximum Gasteiger partial charge on any atom is 0.248 e. The Morgan fingerprint density at radius 2 is 2.00 bits per heavy atom. The van der Waals surface area contributed by atoms with E-state index in [1.807, 2.05) is 4.90 Å². The molecule has 108 valence electrons. The number of hydrogen-bond acceptors (Lipinski definition) is 3. The summed E-state index contributed by atoms with van der Waals surface area (Å²) in [6.07, 6.45) is 2.14. The third kappa shape index (κ3) is 2.03. The number of hydrogen-bond donors (Lipinski definition) is 1. The number of likely N-dealkylation sites (tertiary alicyclic amines) is 2. The largest absolute Gasteiger partial charge is 0.387 e. The lowest BCUT2D eigenvalue weighted by Gasteiger charge is -2.46. The molecule has 0 radical (unpaired) electrons. The second-order valence-electron chi connectivity index (χ2n) is 6.02. The predicted molar refractivity (Wildman–Crippen MR) is 77.4 cm³/mol. The van der Waals surface area contributed by atoms with Gasteiger partial charge in [0.15, 0.2) is 0 Å². The molecular formula is C16H22N2O2. The van der Waals surface area contributed by atoms with Crippen LogP contribution in [-0.4, -0.2) is 60.1 Å². The Balaban J connectivity index is 1.90. The summed E-state index contributed by atoms with van der Waals surface area (Å²) in [4.78, 5) is 15.9. The molecule has 0 bridgehead atoms. The summed E-state index contributed by atoms with van der Waals surface area (Å²) in [7, 11) is 2.14. The van der Waals surface area contributed by atoms with Crippen LogP contribution in [0.15, 0.2) is 30.3 Å². The summed E-state index contributed by atoms with van der Waals surface area (Å²) < 4.78 is 0. The maximum absolute atomic E-state index is 11.8. The van der Waals surface area contributed by atoms with Gasteiger partial charge < -0.3 is 14.9 Å². The fourth-order valence-electron chi connectivity index (χ4n) is 3.94. The third-order valence-electron chi connectivity index (χ3n) is 5.14. The summed E-state index contributed by atoms with van der Waals surface area (Å²) >= 11 is 0. The Morgan fingerprint density at radius 3 is 2.70 bits per heavy atom. The molecule has 4 nitrogen and oxygen atoms in total. The van der Waals surface area contributed by atoms with Crippen molar-refractivity contribution in [2.24, 2.45) is 0 Å². The number of aliphatic hydroxyl groups excluding tert-OH is 1. The van der Waals surface area contributed by atoms with Crippen molar-refractivity contribution in [1.82, 2.24) is 9.80 Å². The number of carbonyl (C=O) groups excluding carboxylic acids is 1. The van der Waals surface area contributed by atoms with Crippen molar-refractivity contribution in [2.75, 3.05) is 33.3 Å². The quantitative estimate of drug-likeness (QED) is 0.869. The average Bonchev–Trinajstić information content (AvgIpc) is 2.85. The lowest BCUT2D eigenvalue weighted by Crippen LogP contribution is -2.56. The molecule has 1 N–H and O–H groups in total. The van der Waals surface area contributed by atoms with E-state index in [0.717, 1.165) is 32.5 Å². The van der Waals surface area contributed by atoms with Crippen molar-refractivity contribution in [3.05, 3.63) is 35.9 Å². The molecule has 0 aliphatic carbocycles. The molecule has 0 aromatic heterocycles. The molecule has 20 heavy (non-hydrogen) atoms. The van der Waals surface area contributed by atoms with Crippen LogP contribution in [0, 0.1) is 0 Å². The summed E-state index contributed by atoms with van der Waals surface area (Å²) in [5, 5.41) is 9.07. The van der Waals surface area contributed by atoms with Crippen molar-refractivity contribution in [3.8, 4) is 0 Å². The number of aliphatic hydroxyl groups is 1. The summed E-state index contributed by atoms with van der Waals surface area (Å²) in [6, 6.07) is 11.0. The van der Waals surface area contributed by atoms with Gasteiger partial charge in [0.25, 0.3) is 0 Å². The number of benzene rings is 1. The van der Waals surface area contributed by atoms with Gasteiger partial charge in [-0.3, -0.25) is 4.79 Å². The molecule has 2 heterocycles. The molecule has 0 spiro atoms. The second-order valence-corrected chi connectivity index (χ2v) is 6.02. The minimum absolute atomic E-state index is 0.146. The Bertz CT molecular complexity index is 491. The fraction of sp³-hybridized carbons (Fsp3) is 0.562. The van der Waals surface area contributed by atoms with Crippen molar-refractivity contribution >= 4 is 5.91 Å². The molecule has 0 unspecified atom stereocenters. The molecule has 2 fully saturated rings. The van der Waals surface area contributed by atoms with E-state index in [-0.39, 0.29) is 17.9 Å². The summed E-state index contributed by atoms with van der Waals surface area (Å²) in [5.74, 6) is -0.146. The van der Waals surface area contributed by atoms with Gasteiger partial charge in [0, 0.05) is 24.5 Å². The first-order valence-electron chi connectivity index (χ1n) is 7.32. The van der Waals surface area contributed by atoms with E-state index >= 15 is 0 Å². The Kier molecular flexibility index (Phi) is 3.52. The van der Waals surface area contributed by atoms with E-state index in [1.165, 1.54) is 5.56 Å². The molecule has 2 saturated heterocycles. The van der Waals surface area contributed by atoms with Crippen LogP contribution >= 0.6 is 0 Å². The van der Waals surface area contributed by atoms with E-state index in [4.69, 9.17) is 5.11 Å². The number of likely N-dealkylation sites (N-methyl/N-ethyl adjacent to an activating group) is 1. The first kappa shape index (κ1) is 13.6. The zero-order valence-electron chi connectivity index (χ0n) is 12.0. The van der Waals surface area contributed by atoms with Crippen LogP contribution in [0.25, 0.3) is 0 Å². The van der Waals surface area contributed by atoms with Crippen LogP contribution in [0.2, 0.25) is 0 Å². The predicted octanol–water partition coefficient (Wildman–Crippen LogP) is 0.853. The number of fused-ring (bicyclic) bond motifs is 1. The lowest BCUT2D eigenvalue weighted by atomic mass is 9.69. The average molecular weight is 274 g/mol. The highest BCUT2D eigenvalue weighted by Gasteiger charge is 2.50. The first-order valence-corrected chi connectivity index (χ1v) is 7.32. The second kappa shape index (κ2) is 5.19. The van der Waals surface area contributed by atoms with Gasteiger partial charge in [-0.2, -0.15) is 0 Å². The van der Waals surface area contributed by atoms with Gasteiger partial charge >= 0.3 is 0 Å². The SMILES string of the molecule is CN1CC[C@]2(c3ccccc3)CCN(C(=O)CO)C[C@@H]12. The number of rotatable bonds is 2. The molecule has 1 aromatic carbocycles. The van der Waals surface area contributed by atoms with Crippen LogP contribution in [0.4, 0.5) is 0 Å². The highest BCUT2D eigenvalue weighted by atomic mass is 16.3. The van der Waals surface area contributed by atoms with Crippen molar-refractivity contribution in [2.45, 2.75) is 24.3 Å². The van der Waals surface area contributed by atoms with Crippen LogP contribution < -0.4 is 0 Å². The van der Waals surface area contributed by atoms with Gasteiger partial charge in [-0.15, -0.1) is 0 Å². The van der Waals surface area contributed by atoms with Crippen molar-refractivity contribution < 1.29 is 9.90 Å². The smallest absolute Gasteiger partial charge is 0.248 e. The Morgan fingerprint density at radius 1 is 1.30 bits per heavy atom. The Labute approximate surface area is 120 Å². The van der Waals surface area contributed by atoms with Crippen LogP contribution in [-0.2, 0) is 10.2 Å². The first-order chi connectivity index (χ1) is 9.67. The number of nitrogens with zero attached hydrogens (tertiary/aromatic N) is 2. The van der Waals surface area contributed by atoms with Gasteiger partial charge in [0.05, 0.1) is 0 Å². The van der Waals surface area contributed by atoms with Gasteiger partial charge in [-0.05, 0) is 32.0 Å². The summed E-state index contributed by atoms with van der Waals surface area (Å²) in [6.45, 7) is 2.17. The minimum Gasteiger partial charge on any atom is -0.387 e. The fourth-order valence-corrected chi connectivity index (χ4v) is 3.94. The number of carbonyl (C=O) groups is 1. The molecule has 4 heteroatoms. The van der Waals surface area contributed by atoms with Gasteiger partial charge in [-0.25, -0.2) is 0 Å². The highest BCUT2D eigenvalue weighted by Crippen LogP contribution is 2.45. The molecule has 2 aliphatic heterocycles. The lowest BCUT2D eigenvalue weighted by molar-refractivity contribution is -0.136. The van der Waals surface area contributed by atoms with E-state index in [0.29, 0.717) is 6.04 Å². The van der Waals surface area contributed by atoms with E-state index < -0.39 is 0 Å². The Hall–Kier alpha value is -1.39. The van der Waals surface area contributed by atoms with Gasteiger partial charge in [0.1, 0.15) is 6.61 Å². The van der Waals surface area contributed by atoms with Crippen LogP contribution in [0.3, 0.4) is 0 Å². The molecule has 2 aliphatic rings. The summed E-state index contributed by atoms with van der Waals surface area (Å²) in [5.41, 5.74) is 1.56. The molecule has 1 aromatic rings. The van der Waals surface area contributed by atoms with Gasteiger partial charge in [-0.1, -0.05) is 30.3 Å². The number of amides is 1. The zero-order chi connectivity index (χ0) is 14.2. The number of piperidine rings is 1. The molecule has 0 saturated carbocycles. The van der Waals surface area contributed by atoms with E-state index in [9.17, 15) is 4.79 Å². The maximum atomic E-state index is 11.8. The monoisotopic (exact) mass is 274 g/mol. The molecule has 1 amide bonds. The molecular weight excluding hydrogens is 252 g/mol. The van der Waals surface area contributed by atoms with Crippen molar-refractivity contribution in [3.63, 3.8) is 0 Å². The standard InChI is InChI=1S/C16H22N2O2/c1-17-9-7-16(13-5-3-2-4-6-13)8-10-18(11-14(16)17)15(20)12-19/h2-6,14,19H,7-12H2,1H3/t14-,16-/m1/s1. The van der Waals surface area contributed by atoms with Gasteiger partial charge in [0.2, 0.25) is 5.91 Å². The molecule has 2 atom stereocenters. The molecule has 3 rings (SSSR count). The van der Waals surface area contributed by atoms with E-state index in [2.05, 4.69) is 42.3 Å². The normalized spacial score (nSPS) is 30.3. The zero-order valence-corrected chi connectivity index (χ0v) is 12.0. The van der Waals surface area contributed by atoms with Crippen LogP contribution in [0.1, 0.15) is 18.4 Å².